The van der Waals surface area contributed by atoms with Crippen molar-refractivity contribution in [3.05, 3.63) is 0 Å². The highest BCUT2D eigenvalue weighted by Gasteiger charge is 2.46. The maximum atomic E-state index is 5.31. The first kappa shape index (κ1) is 14.8. The Hall–Kier alpha value is -0.120. The molecule has 3 aliphatic rings. The number of hydrogen-bond donors (Lipinski definition) is 1. The van der Waals surface area contributed by atoms with Gasteiger partial charge in [0.15, 0.2) is 0 Å². The molecule has 2 saturated carbocycles. The van der Waals surface area contributed by atoms with Gasteiger partial charge in [0.2, 0.25) is 0 Å². The van der Waals surface area contributed by atoms with Crippen molar-refractivity contribution in [3.8, 4) is 0 Å². The van der Waals surface area contributed by atoms with Gasteiger partial charge in [-0.3, -0.25) is 4.90 Å². The molecule has 116 valence electrons. The lowest BCUT2D eigenvalue weighted by Crippen LogP contribution is -2.64. The zero-order valence-corrected chi connectivity index (χ0v) is 13.4. The van der Waals surface area contributed by atoms with Crippen molar-refractivity contribution in [2.45, 2.75) is 69.9 Å². The summed E-state index contributed by atoms with van der Waals surface area (Å²) in [7, 11) is 1.83. The van der Waals surface area contributed by atoms with Crippen molar-refractivity contribution in [1.82, 2.24) is 10.2 Å². The second-order valence-corrected chi connectivity index (χ2v) is 7.72. The Balaban J connectivity index is 1.59. The summed E-state index contributed by atoms with van der Waals surface area (Å²) < 4.78 is 5.31. The summed E-state index contributed by atoms with van der Waals surface area (Å²) in [6.45, 7) is 7.10. The Kier molecular flexibility index (Phi) is 4.40. The van der Waals surface area contributed by atoms with E-state index in [9.17, 15) is 0 Å². The minimum atomic E-state index is 0.447. The van der Waals surface area contributed by atoms with Crippen LogP contribution in [0.5, 0.6) is 0 Å². The lowest BCUT2D eigenvalue weighted by molar-refractivity contribution is 0.0419. The van der Waals surface area contributed by atoms with Crippen LogP contribution in [0.2, 0.25) is 0 Å². The average molecular weight is 280 g/mol. The Morgan fingerprint density at radius 3 is 2.55 bits per heavy atom. The Labute approximate surface area is 124 Å². The molecule has 20 heavy (non-hydrogen) atoms. The third-order valence-corrected chi connectivity index (χ3v) is 6.04. The molecule has 3 rings (SSSR count). The predicted molar refractivity (Wildman–Crippen MR) is 83.0 cm³/mol. The third-order valence-electron chi connectivity index (χ3n) is 6.04. The van der Waals surface area contributed by atoms with Crippen LogP contribution in [0.25, 0.3) is 0 Å². The van der Waals surface area contributed by atoms with E-state index in [2.05, 4.69) is 17.1 Å². The van der Waals surface area contributed by atoms with Gasteiger partial charge in [0.05, 0.1) is 0 Å². The second-order valence-electron chi connectivity index (χ2n) is 7.72. The van der Waals surface area contributed by atoms with E-state index in [1.54, 1.807) is 0 Å². The molecule has 1 saturated heterocycles. The van der Waals surface area contributed by atoms with E-state index in [1.165, 1.54) is 71.0 Å². The number of nitrogens with zero attached hydrogens (tertiary/aromatic N) is 1. The highest BCUT2D eigenvalue weighted by atomic mass is 16.5. The normalized spacial score (nSPS) is 32.4. The quantitative estimate of drug-likeness (QED) is 0.838. The minimum Gasteiger partial charge on any atom is -0.385 e. The molecule has 3 nitrogen and oxygen atoms in total. The zero-order chi connectivity index (χ0) is 14.1. The lowest BCUT2D eigenvalue weighted by Gasteiger charge is -2.50. The van der Waals surface area contributed by atoms with Gasteiger partial charge >= 0.3 is 0 Å². The predicted octanol–water partition coefficient (Wildman–Crippen LogP) is 2.80. The van der Waals surface area contributed by atoms with Crippen LogP contribution in [-0.4, -0.2) is 49.8 Å². The Bertz CT molecular complexity index is 321. The third kappa shape index (κ3) is 3.20. The zero-order valence-electron chi connectivity index (χ0n) is 13.4. The maximum Gasteiger partial charge on any atom is 0.0468 e. The molecule has 0 aromatic carbocycles. The average Bonchev–Trinajstić information content (AvgIpc) is 3.22. The maximum absolute atomic E-state index is 5.31. The van der Waals surface area contributed by atoms with Gasteiger partial charge in [-0.1, -0.05) is 19.3 Å². The van der Waals surface area contributed by atoms with E-state index < -0.39 is 0 Å². The lowest BCUT2D eigenvalue weighted by atomic mass is 9.79. The molecule has 0 radical (unpaired) electrons. The van der Waals surface area contributed by atoms with Crippen LogP contribution in [0.3, 0.4) is 0 Å². The molecule has 1 heterocycles. The standard InChI is InChI=1S/C17H32N2O/c1-15-12-18-17(6-4-3-5-7-17)14-19(15)13-16(8-9-16)10-11-20-2/h15,18H,3-14H2,1-2H3. The summed E-state index contributed by atoms with van der Waals surface area (Å²) in [5.41, 5.74) is 1.04. The molecule has 0 bridgehead atoms. The van der Waals surface area contributed by atoms with Gasteiger partial charge in [-0.05, 0) is 44.4 Å². The van der Waals surface area contributed by atoms with Crippen molar-refractivity contribution in [2.24, 2.45) is 5.41 Å². The second kappa shape index (κ2) is 5.94. The minimum absolute atomic E-state index is 0.447. The van der Waals surface area contributed by atoms with E-state index >= 15 is 0 Å². The summed E-state index contributed by atoms with van der Waals surface area (Å²) >= 11 is 0. The SMILES string of the molecule is COCCC1(CN2CC3(CCCCC3)NCC2C)CC1. The number of ether oxygens (including phenoxy) is 1. The van der Waals surface area contributed by atoms with Crippen LogP contribution in [0.4, 0.5) is 0 Å². The number of nitrogens with one attached hydrogen (secondary N) is 1. The van der Waals surface area contributed by atoms with E-state index in [0.717, 1.165) is 6.61 Å². The van der Waals surface area contributed by atoms with E-state index in [-0.39, 0.29) is 0 Å². The molecule has 1 aliphatic heterocycles. The molecule has 1 N–H and O–H groups in total. The van der Waals surface area contributed by atoms with Crippen molar-refractivity contribution in [3.63, 3.8) is 0 Å². The van der Waals surface area contributed by atoms with Gasteiger partial charge in [-0.25, -0.2) is 0 Å². The summed E-state index contributed by atoms with van der Waals surface area (Å²) in [4.78, 5) is 2.80. The number of rotatable bonds is 5. The van der Waals surface area contributed by atoms with Crippen LogP contribution >= 0.6 is 0 Å². The fraction of sp³-hybridized carbons (Fsp3) is 1.00. The van der Waals surface area contributed by atoms with E-state index in [4.69, 9.17) is 4.74 Å². The van der Waals surface area contributed by atoms with Crippen molar-refractivity contribution in [2.75, 3.05) is 33.4 Å². The molecule has 1 spiro atoms. The molecule has 1 atom stereocenters. The van der Waals surface area contributed by atoms with Crippen LogP contribution in [0.1, 0.15) is 58.3 Å². The summed E-state index contributed by atoms with van der Waals surface area (Å²) in [6.07, 6.45) is 11.2. The fourth-order valence-corrected chi connectivity index (χ4v) is 4.28. The molecule has 1 unspecified atom stereocenters. The number of piperazine rings is 1. The Morgan fingerprint density at radius 2 is 1.90 bits per heavy atom. The molecular formula is C17H32N2O. The van der Waals surface area contributed by atoms with E-state index in [1.807, 2.05) is 7.11 Å². The number of methoxy groups -OCH3 is 1. The van der Waals surface area contributed by atoms with Gasteiger partial charge < -0.3 is 10.1 Å². The fourth-order valence-electron chi connectivity index (χ4n) is 4.28. The van der Waals surface area contributed by atoms with Crippen LogP contribution in [0, 0.1) is 5.41 Å². The highest BCUT2D eigenvalue weighted by molar-refractivity contribution is 5.03. The largest absolute Gasteiger partial charge is 0.385 e. The van der Waals surface area contributed by atoms with Gasteiger partial charge in [0.1, 0.15) is 0 Å². The van der Waals surface area contributed by atoms with Crippen LogP contribution < -0.4 is 5.32 Å². The van der Waals surface area contributed by atoms with Crippen molar-refractivity contribution >= 4 is 0 Å². The molecule has 2 aliphatic carbocycles. The van der Waals surface area contributed by atoms with Crippen molar-refractivity contribution in [1.29, 1.82) is 0 Å². The van der Waals surface area contributed by atoms with E-state index in [0.29, 0.717) is 17.0 Å². The summed E-state index contributed by atoms with van der Waals surface area (Å²) in [5.74, 6) is 0. The first-order valence-corrected chi connectivity index (χ1v) is 8.65. The van der Waals surface area contributed by atoms with Gasteiger partial charge in [-0.15, -0.1) is 0 Å². The molecule has 3 fully saturated rings. The monoisotopic (exact) mass is 280 g/mol. The summed E-state index contributed by atoms with van der Waals surface area (Å²) in [6, 6.07) is 0.697. The summed E-state index contributed by atoms with van der Waals surface area (Å²) in [5, 5.41) is 3.90. The molecule has 0 amide bonds. The first-order valence-electron chi connectivity index (χ1n) is 8.65. The topological polar surface area (TPSA) is 24.5 Å². The van der Waals surface area contributed by atoms with Gasteiger partial charge in [0, 0.05) is 44.9 Å². The van der Waals surface area contributed by atoms with Crippen molar-refractivity contribution < 1.29 is 4.74 Å². The molecular weight excluding hydrogens is 248 g/mol. The van der Waals surface area contributed by atoms with Crippen LogP contribution in [-0.2, 0) is 4.74 Å². The van der Waals surface area contributed by atoms with Crippen LogP contribution in [0.15, 0.2) is 0 Å². The molecule has 0 aromatic heterocycles. The molecule has 3 heteroatoms. The first-order chi connectivity index (χ1) is 9.67. The van der Waals surface area contributed by atoms with Gasteiger partial charge in [-0.2, -0.15) is 0 Å². The smallest absolute Gasteiger partial charge is 0.0468 e. The van der Waals surface area contributed by atoms with Gasteiger partial charge in [0.25, 0.3) is 0 Å². The Morgan fingerprint density at radius 1 is 1.15 bits per heavy atom. The number of hydrogen-bond acceptors (Lipinski definition) is 3. The molecule has 0 aromatic rings. The highest BCUT2D eigenvalue weighted by Crippen LogP contribution is 2.50.